The van der Waals surface area contributed by atoms with E-state index in [4.69, 9.17) is 18.9 Å². The number of allylic oxidation sites excluding steroid dienone is 4. The molecular weight excluding hydrogens is 775 g/mol. The summed E-state index contributed by atoms with van der Waals surface area (Å²) in [4.78, 5) is 40.0. The lowest BCUT2D eigenvalue weighted by Gasteiger charge is -2.18. The number of esters is 2. The number of unbranched alkanes of at least 4 members (excludes halogenated alkanes) is 23. The van der Waals surface area contributed by atoms with Crippen molar-refractivity contribution in [3.63, 3.8) is 0 Å². The number of rotatable bonds is 47. The van der Waals surface area contributed by atoms with Gasteiger partial charge in [-0.3, -0.25) is 9.59 Å². The highest BCUT2D eigenvalue weighted by atomic mass is 16.7. The van der Waals surface area contributed by atoms with Crippen LogP contribution in [0.5, 0.6) is 0 Å². The summed E-state index contributed by atoms with van der Waals surface area (Å²) >= 11 is 0. The van der Waals surface area contributed by atoms with Gasteiger partial charge in [-0.25, -0.2) is 4.79 Å². The molecule has 1 unspecified atom stereocenters. The Kier molecular flexibility index (Phi) is 46.3. The summed E-state index contributed by atoms with van der Waals surface area (Å²) in [5.41, 5.74) is 0. The molecule has 0 aliphatic rings. The monoisotopic (exact) mass is 876 g/mol. The van der Waals surface area contributed by atoms with E-state index in [2.05, 4.69) is 56.9 Å². The molecule has 62 heavy (non-hydrogen) atoms. The molecule has 0 fully saturated rings. The molecule has 0 bridgehead atoms. The van der Waals surface area contributed by atoms with Gasteiger partial charge in [0.15, 0.2) is 0 Å². The fourth-order valence-electron chi connectivity index (χ4n) is 7.68. The zero-order valence-corrected chi connectivity index (χ0v) is 41.6. The van der Waals surface area contributed by atoms with E-state index in [0.717, 1.165) is 122 Å². The average Bonchev–Trinajstić information content (AvgIpc) is 3.27. The van der Waals surface area contributed by atoms with Crippen molar-refractivity contribution < 1.29 is 33.3 Å². The summed E-state index contributed by atoms with van der Waals surface area (Å²) in [6, 6.07) is 0. The van der Waals surface area contributed by atoms with Crippen molar-refractivity contribution in [3.8, 4) is 0 Å². The van der Waals surface area contributed by atoms with E-state index < -0.39 is 6.16 Å². The third-order valence-corrected chi connectivity index (χ3v) is 12.0. The Balaban J connectivity index is 4.52. The maximum atomic E-state index is 12.8. The van der Waals surface area contributed by atoms with Gasteiger partial charge in [0, 0.05) is 25.3 Å². The Bertz CT molecular complexity index is 1030. The fourth-order valence-corrected chi connectivity index (χ4v) is 7.68. The van der Waals surface area contributed by atoms with Crippen LogP contribution in [-0.4, -0.2) is 69.1 Å². The first-order valence-corrected chi connectivity index (χ1v) is 26.5. The van der Waals surface area contributed by atoms with Crippen LogP contribution in [0.4, 0.5) is 4.79 Å². The van der Waals surface area contributed by atoms with Gasteiger partial charge < -0.3 is 23.8 Å². The van der Waals surface area contributed by atoms with Crippen molar-refractivity contribution in [1.82, 2.24) is 4.90 Å². The smallest absolute Gasteiger partial charge is 0.465 e. The molecule has 0 aromatic heterocycles. The van der Waals surface area contributed by atoms with Gasteiger partial charge in [-0.05, 0) is 97.1 Å². The topological polar surface area (TPSA) is 91.4 Å². The van der Waals surface area contributed by atoms with Crippen LogP contribution in [0.25, 0.3) is 0 Å². The van der Waals surface area contributed by atoms with Gasteiger partial charge in [0.25, 0.3) is 0 Å². The van der Waals surface area contributed by atoms with Crippen molar-refractivity contribution >= 4 is 18.1 Å². The third kappa shape index (κ3) is 44.3. The van der Waals surface area contributed by atoms with Crippen LogP contribution in [-0.2, 0) is 28.5 Å². The fraction of sp³-hybridized carbons (Fsp3) is 0.870. The molecule has 0 aromatic rings. The summed E-state index contributed by atoms with van der Waals surface area (Å²) < 4.78 is 22.5. The Morgan fingerprint density at radius 3 is 1.48 bits per heavy atom. The van der Waals surface area contributed by atoms with Gasteiger partial charge in [0.2, 0.25) is 0 Å². The van der Waals surface area contributed by atoms with Gasteiger partial charge in [-0.2, -0.15) is 0 Å². The van der Waals surface area contributed by atoms with Crippen molar-refractivity contribution in [2.24, 2.45) is 5.92 Å². The van der Waals surface area contributed by atoms with E-state index in [1.165, 1.54) is 103 Å². The number of hydrogen-bond acceptors (Lipinski definition) is 8. The Hall–Kier alpha value is -2.35. The van der Waals surface area contributed by atoms with E-state index in [1.54, 1.807) is 0 Å². The molecule has 364 valence electrons. The summed E-state index contributed by atoms with van der Waals surface area (Å²) in [5.74, 6) is -0.248. The van der Waals surface area contributed by atoms with Crippen molar-refractivity contribution in [1.29, 1.82) is 0 Å². The van der Waals surface area contributed by atoms with Crippen LogP contribution < -0.4 is 0 Å². The SMILES string of the molecule is CCCCC/C=C\C/C=C\CCCCCCCC(=O)OCC(CCCCCCCCC(=O)OC(CCCCCCCC)CCCCCCCC)COC(=O)OCCCN(C)CC. The molecular formula is C54H101NO7. The molecule has 0 N–H and O–H groups in total. The molecule has 0 aromatic carbocycles. The molecule has 0 rings (SSSR count). The molecule has 0 spiro atoms. The number of ether oxygens (including phenoxy) is 4. The van der Waals surface area contributed by atoms with Crippen LogP contribution in [0.3, 0.4) is 0 Å². The summed E-state index contributed by atoms with van der Waals surface area (Å²) in [7, 11) is 2.04. The Morgan fingerprint density at radius 2 is 0.919 bits per heavy atom. The van der Waals surface area contributed by atoms with E-state index in [-0.39, 0.29) is 37.2 Å². The number of hydrogen-bond donors (Lipinski definition) is 0. The van der Waals surface area contributed by atoms with Crippen molar-refractivity contribution in [2.45, 2.75) is 259 Å². The largest absolute Gasteiger partial charge is 0.508 e. The molecule has 0 saturated heterocycles. The molecule has 1 atom stereocenters. The van der Waals surface area contributed by atoms with Crippen molar-refractivity contribution in [3.05, 3.63) is 24.3 Å². The lowest BCUT2D eigenvalue weighted by molar-refractivity contribution is -0.150. The Labute approximate surface area is 383 Å². The molecule has 0 radical (unpaired) electrons. The molecule has 8 heteroatoms. The molecule has 0 aliphatic carbocycles. The maximum Gasteiger partial charge on any atom is 0.508 e. The second kappa shape index (κ2) is 48.1. The zero-order chi connectivity index (χ0) is 45.4. The van der Waals surface area contributed by atoms with E-state index in [1.807, 2.05) is 7.05 Å². The Morgan fingerprint density at radius 1 is 0.468 bits per heavy atom. The quantitative estimate of drug-likeness (QED) is 0.0258. The summed E-state index contributed by atoms with van der Waals surface area (Å²) in [6.45, 7) is 11.4. The van der Waals surface area contributed by atoms with Gasteiger partial charge in [0.1, 0.15) is 12.7 Å². The predicted molar refractivity (Wildman–Crippen MR) is 262 cm³/mol. The first-order chi connectivity index (χ1) is 30.4. The van der Waals surface area contributed by atoms with Crippen LogP contribution in [0.15, 0.2) is 24.3 Å². The minimum absolute atomic E-state index is 0.0216. The van der Waals surface area contributed by atoms with Crippen LogP contribution in [0.2, 0.25) is 0 Å². The normalized spacial score (nSPS) is 12.2. The highest BCUT2D eigenvalue weighted by molar-refractivity contribution is 5.69. The molecule has 0 heterocycles. The van der Waals surface area contributed by atoms with Crippen LogP contribution >= 0.6 is 0 Å². The zero-order valence-electron chi connectivity index (χ0n) is 41.6. The minimum atomic E-state index is -0.653. The van der Waals surface area contributed by atoms with E-state index >= 15 is 0 Å². The van der Waals surface area contributed by atoms with E-state index in [9.17, 15) is 14.4 Å². The predicted octanol–water partition coefficient (Wildman–Crippen LogP) is 16.0. The number of carbonyl (C=O) groups is 3. The summed E-state index contributed by atoms with van der Waals surface area (Å²) in [6.07, 6.45) is 47.0. The van der Waals surface area contributed by atoms with Gasteiger partial charge in [-0.1, -0.05) is 180 Å². The highest BCUT2D eigenvalue weighted by Gasteiger charge is 2.17. The molecule has 8 nitrogen and oxygen atoms in total. The first-order valence-electron chi connectivity index (χ1n) is 26.5. The van der Waals surface area contributed by atoms with Gasteiger partial charge in [-0.15, -0.1) is 0 Å². The van der Waals surface area contributed by atoms with Gasteiger partial charge in [0.05, 0.1) is 13.2 Å². The molecule has 0 aliphatic heterocycles. The maximum absolute atomic E-state index is 12.8. The van der Waals surface area contributed by atoms with Gasteiger partial charge >= 0.3 is 18.1 Å². The first kappa shape index (κ1) is 59.6. The minimum Gasteiger partial charge on any atom is -0.465 e. The highest BCUT2D eigenvalue weighted by Crippen LogP contribution is 2.19. The number of nitrogens with zero attached hydrogens (tertiary/aromatic N) is 1. The standard InChI is InChI=1S/C54H101NO7/c1-6-10-13-16-19-20-21-22-23-24-25-26-27-33-38-44-52(56)60-48-50(49-61-54(58)59-47-40-46-55(5)9-4)41-35-30-28-29-34-39-45-53(57)62-51(42-36-31-17-14-11-7-2)43-37-32-18-15-12-8-3/h19-20,22-23,50-51H,6-18,21,24-49H2,1-5H3/b20-19-,23-22-. The molecule has 0 saturated carbocycles. The second-order valence-electron chi connectivity index (χ2n) is 18.1. The van der Waals surface area contributed by atoms with Crippen LogP contribution in [0.1, 0.15) is 252 Å². The summed E-state index contributed by atoms with van der Waals surface area (Å²) in [5, 5.41) is 0. The van der Waals surface area contributed by atoms with Crippen molar-refractivity contribution in [2.75, 3.05) is 40.0 Å². The lowest BCUT2D eigenvalue weighted by atomic mass is 10.0. The second-order valence-corrected chi connectivity index (χ2v) is 18.1. The van der Waals surface area contributed by atoms with E-state index in [0.29, 0.717) is 19.4 Å². The van der Waals surface area contributed by atoms with Crippen LogP contribution in [0, 0.1) is 5.92 Å². The lowest BCUT2D eigenvalue weighted by Crippen LogP contribution is -2.23. The third-order valence-electron chi connectivity index (χ3n) is 12.0. The molecule has 0 amide bonds. The average molecular weight is 876 g/mol. The number of carbonyl (C=O) groups excluding carboxylic acids is 3.